The number of hydrogen-bond donors (Lipinski definition) is 0. The van der Waals surface area contributed by atoms with Crippen LogP contribution in [0.4, 0.5) is 0 Å². The molecule has 0 unspecified atom stereocenters. The van der Waals surface area contributed by atoms with Crippen molar-refractivity contribution in [1.82, 2.24) is 4.90 Å². The van der Waals surface area contributed by atoms with E-state index in [1.54, 1.807) is 12.1 Å². The smallest absolute Gasteiger partial charge is 0.219 e. The molecule has 0 aliphatic carbocycles. The summed E-state index contributed by atoms with van der Waals surface area (Å²) in [4.78, 5) is 13.3. The van der Waals surface area contributed by atoms with Gasteiger partial charge in [-0.3, -0.25) is 4.79 Å². The van der Waals surface area contributed by atoms with Gasteiger partial charge in [0.2, 0.25) is 5.91 Å². The summed E-state index contributed by atoms with van der Waals surface area (Å²) in [5.74, 6) is 0.192. The van der Waals surface area contributed by atoms with Crippen LogP contribution in [-0.4, -0.2) is 32.0 Å². The SMILES string of the molecule is CC(=O)N1CC=C([Si](C)(C)Cc2ccccc2)CC1. The molecular formula is C16H23NOSi. The van der Waals surface area contributed by atoms with E-state index in [1.165, 1.54) is 11.6 Å². The van der Waals surface area contributed by atoms with Crippen LogP contribution in [0.2, 0.25) is 13.1 Å². The van der Waals surface area contributed by atoms with Crippen LogP contribution in [0.25, 0.3) is 0 Å². The maximum atomic E-state index is 11.4. The number of nitrogens with zero attached hydrogens (tertiary/aromatic N) is 1. The van der Waals surface area contributed by atoms with Crippen LogP contribution in [0.3, 0.4) is 0 Å². The molecule has 0 aromatic heterocycles. The van der Waals surface area contributed by atoms with Crippen molar-refractivity contribution in [3.63, 3.8) is 0 Å². The van der Waals surface area contributed by atoms with E-state index in [4.69, 9.17) is 0 Å². The van der Waals surface area contributed by atoms with Crippen LogP contribution in [0, 0.1) is 0 Å². The Labute approximate surface area is 117 Å². The lowest BCUT2D eigenvalue weighted by molar-refractivity contribution is -0.128. The Bertz CT molecular complexity index is 479. The highest BCUT2D eigenvalue weighted by Crippen LogP contribution is 2.25. The molecule has 102 valence electrons. The predicted molar refractivity (Wildman–Crippen MR) is 82.6 cm³/mol. The Kier molecular flexibility index (Phi) is 4.25. The van der Waals surface area contributed by atoms with Gasteiger partial charge in [-0.1, -0.05) is 60.3 Å². The third-order valence-electron chi connectivity index (χ3n) is 4.01. The van der Waals surface area contributed by atoms with Crippen LogP contribution in [0.1, 0.15) is 18.9 Å². The van der Waals surface area contributed by atoms with Crippen molar-refractivity contribution in [2.45, 2.75) is 32.5 Å². The summed E-state index contributed by atoms with van der Waals surface area (Å²) in [6.07, 6.45) is 3.37. The van der Waals surface area contributed by atoms with Gasteiger partial charge in [0.15, 0.2) is 0 Å². The van der Waals surface area contributed by atoms with Gasteiger partial charge in [-0.2, -0.15) is 0 Å². The fourth-order valence-electron chi connectivity index (χ4n) is 2.79. The van der Waals surface area contributed by atoms with Crippen molar-refractivity contribution in [3.8, 4) is 0 Å². The lowest BCUT2D eigenvalue weighted by Crippen LogP contribution is -2.40. The van der Waals surface area contributed by atoms with Crippen molar-refractivity contribution in [2.75, 3.05) is 13.1 Å². The molecule has 1 aliphatic heterocycles. The Morgan fingerprint density at radius 2 is 1.95 bits per heavy atom. The highest BCUT2D eigenvalue weighted by Gasteiger charge is 2.28. The van der Waals surface area contributed by atoms with Crippen LogP contribution < -0.4 is 0 Å². The molecule has 0 bridgehead atoms. The first kappa shape index (κ1) is 14.1. The maximum Gasteiger partial charge on any atom is 0.219 e. The van der Waals surface area contributed by atoms with Gasteiger partial charge in [-0.25, -0.2) is 0 Å². The lowest BCUT2D eigenvalue weighted by atomic mass is 10.2. The molecule has 0 N–H and O–H groups in total. The summed E-state index contributed by atoms with van der Waals surface area (Å²) in [5, 5.41) is 1.62. The number of carbonyl (C=O) groups excluding carboxylic acids is 1. The molecule has 0 fully saturated rings. The van der Waals surface area contributed by atoms with E-state index in [0.717, 1.165) is 19.5 Å². The summed E-state index contributed by atoms with van der Waals surface area (Å²) in [6, 6.07) is 11.9. The maximum absolute atomic E-state index is 11.4. The summed E-state index contributed by atoms with van der Waals surface area (Å²) in [7, 11) is -1.38. The monoisotopic (exact) mass is 273 g/mol. The first-order chi connectivity index (χ1) is 8.99. The van der Waals surface area contributed by atoms with E-state index in [1.807, 2.05) is 4.90 Å². The topological polar surface area (TPSA) is 20.3 Å². The number of benzene rings is 1. The quantitative estimate of drug-likeness (QED) is 0.775. The second kappa shape index (κ2) is 5.74. The molecule has 0 radical (unpaired) electrons. The highest BCUT2D eigenvalue weighted by molar-refractivity contribution is 6.83. The summed E-state index contributed by atoms with van der Waals surface area (Å²) in [5.41, 5.74) is 1.44. The van der Waals surface area contributed by atoms with Crippen molar-refractivity contribution in [1.29, 1.82) is 0 Å². The van der Waals surface area contributed by atoms with E-state index in [0.29, 0.717) is 0 Å². The van der Waals surface area contributed by atoms with Gasteiger partial charge in [0.1, 0.15) is 0 Å². The standard InChI is InChI=1S/C16H23NOSi/c1-14(18)17-11-9-16(10-12-17)19(2,3)13-15-7-5-4-6-8-15/h4-9H,10-13H2,1-3H3. The third-order valence-corrected chi connectivity index (χ3v) is 7.50. The molecular weight excluding hydrogens is 250 g/mol. The highest BCUT2D eigenvalue weighted by atomic mass is 28.3. The van der Waals surface area contributed by atoms with Gasteiger partial charge < -0.3 is 4.90 Å². The Balaban J connectivity index is 2.06. The second-order valence-electron chi connectivity index (χ2n) is 5.99. The Hall–Kier alpha value is -1.35. The van der Waals surface area contributed by atoms with Gasteiger partial charge in [0.25, 0.3) is 0 Å². The summed E-state index contributed by atoms with van der Waals surface area (Å²) < 4.78 is 0. The van der Waals surface area contributed by atoms with Crippen LogP contribution >= 0.6 is 0 Å². The zero-order valence-electron chi connectivity index (χ0n) is 12.1. The summed E-state index contributed by atoms with van der Waals surface area (Å²) >= 11 is 0. The van der Waals surface area contributed by atoms with Crippen LogP contribution in [0.5, 0.6) is 0 Å². The minimum absolute atomic E-state index is 0.192. The van der Waals surface area contributed by atoms with Crippen molar-refractivity contribution >= 4 is 14.0 Å². The molecule has 0 saturated heterocycles. The van der Waals surface area contributed by atoms with Crippen LogP contribution in [-0.2, 0) is 10.8 Å². The first-order valence-corrected chi connectivity index (χ1v) is 10.2. The molecule has 1 aliphatic rings. The summed E-state index contributed by atoms with van der Waals surface area (Å²) in [6.45, 7) is 8.23. The molecule has 0 saturated carbocycles. The van der Waals surface area contributed by atoms with Gasteiger partial charge in [-0.05, 0) is 12.5 Å². The zero-order chi connectivity index (χ0) is 13.9. The first-order valence-electron chi connectivity index (χ1n) is 6.98. The van der Waals surface area contributed by atoms with E-state index in [-0.39, 0.29) is 5.91 Å². The van der Waals surface area contributed by atoms with Gasteiger partial charge >= 0.3 is 0 Å². The fourth-order valence-corrected chi connectivity index (χ4v) is 5.71. The Morgan fingerprint density at radius 3 is 2.47 bits per heavy atom. The van der Waals surface area contributed by atoms with Gasteiger partial charge in [0.05, 0.1) is 8.07 Å². The molecule has 2 rings (SSSR count). The van der Waals surface area contributed by atoms with Crippen molar-refractivity contribution < 1.29 is 4.79 Å². The molecule has 0 atom stereocenters. The third kappa shape index (κ3) is 3.57. The number of rotatable bonds is 3. The number of amides is 1. The Morgan fingerprint density at radius 1 is 1.26 bits per heavy atom. The van der Waals surface area contributed by atoms with E-state index in [2.05, 4.69) is 49.5 Å². The number of hydrogen-bond acceptors (Lipinski definition) is 1. The van der Waals surface area contributed by atoms with E-state index >= 15 is 0 Å². The van der Waals surface area contributed by atoms with E-state index in [9.17, 15) is 4.79 Å². The molecule has 3 heteroatoms. The molecule has 0 spiro atoms. The van der Waals surface area contributed by atoms with Gasteiger partial charge in [-0.15, -0.1) is 0 Å². The zero-order valence-corrected chi connectivity index (χ0v) is 13.1. The molecule has 1 amide bonds. The predicted octanol–water partition coefficient (Wildman–Crippen LogP) is 3.19. The molecule has 1 aromatic rings. The molecule has 2 nitrogen and oxygen atoms in total. The number of carbonyl (C=O) groups is 1. The lowest BCUT2D eigenvalue weighted by Gasteiger charge is -2.33. The van der Waals surface area contributed by atoms with Crippen molar-refractivity contribution in [3.05, 3.63) is 47.2 Å². The minimum Gasteiger partial charge on any atom is -0.339 e. The normalized spacial score (nSPS) is 16.2. The van der Waals surface area contributed by atoms with Gasteiger partial charge in [0, 0.05) is 20.0 Å². The van der Waals surface area contributed by atoms with E-state index < -0.39 is 8.07 Å². The van der Waals surface area contributed by atoms with Crippen LogP contribution in [0.15, 0.2) is 41.6 Å². The largest absolute Gasteiger partial charge is 0.339 e. The molecule has 1 heterocycles. The average Bonchev–Trinajstić information content (AvgIpc) is 2.39. The molecule has 1 aromatic carbocycles. The fraction of sp³-hybridized carbons (Fsp3) is 0.438. The molecule has 19 heavy (non-hydrogen) atoms. The average molecular weight is 273 g/mol. The second-order valence-corrected chi connectivity index (χ2v) is 10.8. The minimum atomic E-state index is -1.38. The van der Waals surface area contributed by atoms with Crippen molar-refractivity contribution in [2.24, 2.45) is 0 Å².